The number of hydrogen-bond acceptors (Lipinski definition) is 4. The van der Waals surface area contributed by atoms with Gasteiger partial charge in [0.2, 0.25) is 5.91 Å². The first-order valence-corrected chi connectivity index (χ1v) is 5.75. The molecule has 1 amide bonds. The summed E-state index contributed by atoms with van der Waals surface area (Å²) in [5, 5.41) is 13.4. The third kappa shape index (κ3) is 3.27. The molecule has 0 aliphatic heterocycles. The van der Waals surface area contributed by atoms with Crippen LogP contribution in [-0.4, -0.2) is 17.4 Å². The first-order valence-electron chi connectivity index (χ1n) is 5.75. The highest BCUT2D eigenvalue weighted by Crippen LogP contribution is 2.22. The molecule has 18 heavy (non-hydrogen) atoms. The van der Waals surface area contributed by atoms with Gasteiger partial charge in [-0.15, -0.1) is 0 Å². The topological polar surface area (TPSA) is 98.3 Å². The van der Waals surface area contributed by atoms with Gasteiger partial charge in [-0.05, 0) is 19.4 Å². The first-order chi connectivity index (χ1) is 8.49. The number of nitro groups is 1. The van der Waals surface area contributed by atoms with E-state index in [4.69, 9.17) is 5.73 Å². The fourth-order valence-corrected chi connectivity index (χ4v) is 1.59. The molecule has 1 atom stereocenters. The molecule has 1 unspecified atom stereocenters. The molecule has 6 heteroatoms. The van der Waals surface area contributed by atoms with Crippen molar-refractivity contribution < 1.29 is 9.72 Å². The fraction of sp³-hybridized carbons (Fsp3) is 0.417. The van der Waals surface area contributed by atoms with Crippen molar-refractivity contribution in [3.05, 3.63) is 33.9 Å². The van der Waals surface area contributed by atoms with E-state index in [9.17, 15) is 14.9 Å². The van der Waals surface area contributed by atoms with Crippen molar-refractivity contribution >= 4 is 17.3 Å². The van der Waals surface area contributed by atoms with Gasteiger partial charge >= 0.3 is 0 Å². The second-order valence-electron chi connectivity index (χ2n) is 4.09. The molecule has 0 fully saturated rings. The zero-order valence-electron chi connectivity index (χ0n) is 10.5. The fourth-order valence-electron chi connectivity index (χ4n) is 1.59. The monoisotopic (exact) mass is 251 g/mol. The Morgan fingerprint density at radius 2 is 2.22 bits per heavy atom. The van der Waals surface area contributed by atoms with Gasteiger partial charge in [0.25, 0.3) is 5.69 Å². The zero-order valence-corrected chi connectivity index (χ0v) is 10.5. The van der Waals surface area contributed by atoms with Crippen LogP contribution in [0, 0.1) is 23.0 Å². The molecular weight excluding hydrogens is 234 g/mol. The number of nitrogens with two attached hydrogens (primary N) is 1. The predicted octanol–water partition coefficient (Wildman–Crippen LogP) is 1.83. The Morgan fingerprint density at radius 1 is 1.56 bits per heavy atom. The van der Waals surface area contributed by atoms with Gasteiger partial charge in [0.05, 0.1) is 10.8 Å². The van der Waals surface area contributed by atoms with E-state index < -0.39 is 4.92 Å². The second kappa shape index (κ2) is 6.11. The van der Waals surface area contributed by atoms with Gasteiger partial charge in [-0.1, -0.05) is 13.0 Å². The summed E-state index contributed by atoms with van der Waals surface area (Å²) < 4.78 is 0. The van der Waals surface area contributed by atoms with Gasteiger partial charge in [-0.2, -0.15) is 0 Å². The van der Waals surface area contributed by atoms with E-state index in [2.05, 4.69) is 5.32 Å². The van der Waals surface area contributed by atoms with Crippen molar-refractivity contribution in [3.63, 3.8) is 0 Å². The molecule has 1 rings (SSSR count). The molecule has 1 aromatic carbocycles. The van der Waals surface area contributed by atoms with Crippen molar-refractivity contribution in [1.29, 1.82) is 0 Å². The summed E-state index contributed by atoms with van der Waals surface area (Å²) >= 11 is 0. The Kier molecular flexibility index (Phi) is 4.79. The minimum Gasteiger partial charge on any atom is -0.330 e. The molecular formula is C12H17N3O3. The number of aryl methyl sites for hydroxylation is 1. The summed E-state index contributed by atoms with van der Waals surface area (Å²) in [5.41, 5.74) is 6.44. The summed E-state index contributed by atoms with van der Waals surface area (Å²) in [6, 6.07) is 4.61. The van der Waals surface area contributed by atoms with E-state index in [0.29, 0.717) is 17.7 Å². The lowest BCUT2D eigenvalue weighted by Gasteiger charge is -2.12. The van der Waals surface area contributed by atoms with Crippen LogP contribution in [0.3, 0.4) is 0 Å². The molecule has 0 aliphatic carbocycles. The summed E-state index contributed by atoms with van der Waals surface area (Å²) in [6.45, 7) is 3.78. The largest absolute Gasteiger partial charge is 0.330 e. The Morgan fingerprint density at radius 3 is 2.72 bits per heavy atom. The van der Waals surface area contributed by atoms with Gasteiger partial charge in [0.1, 0.15) is 0 Å². The summed E-state index contributed by atoms with van der Waals surface area (Å²) in [4.78, 5) is 22.1. The van der Waals surface area contributed by atoms with Crippen LogP contribution in [-0.2, 0) is 4.79 Å². The number of hydrogen-bond donors (Lipinski definition) is 2. The molecule has 0 aromatic heterocycles. The highest BCUT2D eigenvalue weighted by atomic mass is 16.6. The number of carbonyl (C=O) groups is 1. The van der Waals surface area contributed by atoms with E-state index >= 15 is 0 Å². The molecule has 0 saturated carbocycles. The predicted molar refractivity (Wildman–Crippen MR) is 69.3 cm³/mol. The summed E-state index contributed by atoms with van der Waals surface area (Å²) in [6.07, 6.45) is 0.635. The lowest BCUT2D eigenvalue weighted by Crippen LogP contribution is -2.28. The van der Waals surface area contributed by atoms with Crippen LogP contribution < -0.4 is 11.1 Å². The smallest absolute Gasteiger partial charge is 0.274 e. The Balaban J connectivity index is 2.89. The lowest BCUT2D eigenvalue weighted by molar-refractivity contribution is -0.385. The summed E-state index contributed by atoms with van der Waals surface area (Å²) in [5.74, 6) is -0.483. The van der Waals surface area contributed by atoms with Crippen LogP contribution >= 0.6 is 0 Å². The number of carbonyl (C=O) groups excluding carboxylic acids is 1. The lowest BCUT2D eigenvalue weighted by atomic mass is 10.1. The highest BCUT2D eigenvalue weighted by molar-refractivity contribution is 5.93. The number of amides is 1. The standard InChI is InChI=1S/C12H17N3O3/c1-3-9(7-13)12(16)14-10-5-4-8(2)11(6-10)15(17)18/h4-6,9H,3,7,13H2,1-2H3,(H,14,16). The van der Waals surface area contributed by atoms with Crippen molar-refractivity contribution in [1.82, 2.24) is 0 Å². The third-order valence-corrected chi connectivity index (χ3v) is 2.82. The Labute approximate surface area is 105 Å². The normalized spacial score (nSPS) is 11.9. The SMILES string of the molecule is CCC(CN)C(=O)Nc1ccc(C)c([N+](=O)[O-])c1. The van der Waals surface area contributed by atoms with Crippen LogP contribution in [0.2, 0.25) is 0 Å². The third-order valence-electron chi connectivity index (χ3n) is 2.82. The zero-order chi connectivity index (χ0) is 13.7. The number of nitrogens with zero attached hydrogens (tertiary/aromatic N) is 1. The van der Waals surface area contributed by atoms with E-state index in [-0.39, 0.29) is 24.1 Å². The van der Waals surface area contributed by atoms with Crippen LogP contribution in [0.15, 0.2) is 18.2 Å². The van der Waals surface area contributed by atoms with Gasteiger partial charge in [-0.25, -0.2) is 0 Å². The molecule has 0 heterocycles. The molecule has 0 aliphatic rings. The maximum atomic E-state index is 11.8. The summed E-state index contributed by atoms with van der Waals surface area (Å²) in [7, 11) is 0. The maximum absolute atomic E-state index is 11.8. The van der Waals surface area contributed by atoms with Crippen LogP contribution in [0.5, 0.6) is 0 Å². The molecule has 98 valence electrons. The van der Waals surface area contributed by atoms with Crippen LogP contribution in [0.4, 0.5) is 11.4 Å². The highest BCUT2D eigenvalue weighted by Gasteiger charge is 2.16. The van der Waals surface area contributed by atoms with E-state index in [0.717, 1.165) is 0 Å². The van der Waals surface area contributed by atoms with E-state index in [1.807, 2.05) is 6.92 Å². The number of rotatable bonds is 5. The van der Waals surface area contributed by atoms with Crippen molar-refractivity contribution in [2.75, 3.05) is 11.9 Å². The molecule has 3 N–H and O–H groups in total. The number of nitro benzene ring substituents is 1. The molecule has 6 nitrogen and oxygen atoms in total. The van der Waals surface area contributed by atoms with Gasteiger partial charge < -0.3 is 11.1 Å². The number of anilines is 1. The van der Waals surface area contributed by atoms with Crippen molar-refractivity contribution in [3.8, 4) is 0 Å². The number of benzene rings is 1. The van der Waals surface area contributed by atoms with Crippen LogP contribution in [0.1, 0.15) is 18.9 Å². The molecule has 1 aromatic rings. The van der Waals surface area contributed by atoms with E-state index in [1.54, 1.807) is 19.1 Å². The van der Waals surface area contributed by atoms with Gasteiger partial charge in [0, 0.05) is 23.9 Å². The van der Waals surface area contributed by atoms with Crippen molar-refractivity contribution in [2.45, 2.75) is 20.3 Å². The van der Waals surface area contributed by atoms with Gasteiger partial charge in [-0.3, -0.25) is 14.9 Å². The Bertz CT molecular complexity index is 456. The molecule has 0 bridgehead atoms. The first kappa shape index (κ1) is 14.1. The number of nitrogens with one attached hydrogen (secondary N) is 1. The molecule has 0 spiro atoms. The minimum atomic E-state index is -0.467. The van der Waals surface area contributed by atoms with Crippen molar-refractivity contribution in [2.24, 2.45) is 11.7 Å². The molecule has 0 radical (unpaired) electrons. The minimum absolute atomic E-state index is 0.00593. The Hall–Kier alpha value is -1.95. The average Bonchev–Trinajstić information content (AvgIpc) is 2.32. The van der Waals surface area contributed by atoms with Gasteiger partial charge in [0.15, 0.2) is 0 Å². The molecule has 0 saturated heterocycles. The average molecular weight is 251 g/mol. The van der Waals surface area contributed by atoms with E-state index in [1.165, 1.54) is 6.07 Å². The second-order valence-corrected chi connectivity index (χ2v) is 4.09. The quantitative estimate of drug-likeness (QED) is 0.616. The maximum Gasteiger partial charge on any atom is 0.274 e. The van der Waals surface area contributed by atoms with Crippen LogP contribution in [0.25, 0.3) is 0 Å².